The average Bonchev–Trinajstić information content (AvgIpc) is 2.80. The summed E-state index contributed by atoms with van der Waals surface area (Å²) in [7, 11) is 0. The summed E-state index contributed by atoms with van der Waals surface area (Å²) in [6, 6.07) is 3.78. The van der Waals surface area contributed by atoms with Crippen molar-refractivity contribution in [3.8, 4) is 0 Å². The minimum atomic E-state index is -1.15. The van der Waals surface area contributed by atoms with Gasteiger partial charge in [0.25, 0.3) is 5.91 Å². The second kappa shape index (κ2) is 7.31. The van der Waals surface area contributed by atoms with Gasteiger partial charge in [-0.15, -0.1) is 0 Å². The Hall–Kier alpha value is -2.61. The molecule has 3 N–H and O–H groups in total. The minimum Gasteiger partial charge on any atom is -0.480 e. The Morgan fingerprint density at radius 1 is 1.33 bits per heavy atom. The van der Waals surface area contributed by atoms with Gasteiger partial charge in [-0.3, -0.25) is 14.4 Å². The number of nitrogens with zero attached hydrogens (tertiary/aromatic N) is 1. The predicted octanol–water partition coefficient (Wildman–Crippen LogP) is 1.13. The number of aliphatic carboxylic acids is 1. The van der Waals surface area contributed by atoms with Gasteiger partial charge in [-0.2, -0.15) is 0 Å². The molecule has 128 valence electrons. The van der Waals surface area contributed by atoms with Crippen LogP contribution in [-0.2, 0) is 14.4 Å². The van der Waals surface area contributed by atoms with Crippen LogP contribution in [0.2, 0.25) is 5.02 Å². The molecule has 0 radical (unpaired) electrons. The number of carbonyl (C=O) groups excluding carboxylic acids is 3. The zero-order valence-corrected chi connectivity index (χ0v) is 13.5. The summed E-state index contributed by atoms with van der Waals surface area (Å²) in [6.45, 7) is 1.34. The summed E-state index contributed by atoms with van der Waals surface area (Å²) < 4.78 is 0. The summed E-state index contributed by atoms with van der Waals surface area (Å²) in [4.78, 5) is 47.6. The van der Waals surface area contributed by atoms with Gasteiger partial charge in [0.05, 0.1) is 5.69 Å². The lowest BCUT2D eigenvalue weighted by molar-refractivity contribution is -0.141. The Balaban J connectivity index is 1.95. The second-order valence-electron chi connectivity index (χ2n) is 5.32. The van der Waals surface area contributed by atoms with E-state index in [0.29, 0.717) is 10.7 Å². The van der Waals surface area contributed by atoms with E-state index in [1.165, 1.54) is 6.92 Å². The average molecular weight is 354 g/mol. The lowest BCUT2D eigenvalue weighted by atomic mass is 10.1. The number of hydrogen-bond acceptors (Lipinski definition) is 4. The third kappa shape index (κ3) is 4.02. The van der Waals surface area contributed by atoms with Gasteiger partial charge in [-0.05, 0) is 37.6 Å². The SMILES string of the molecule is CC(NC(=O)CCC1NC(=O)N(c2ccc(Cl)cc2)C1=O)C(=O)O. The number of urea groups is 1. The largest absolute Gasteiger partial charge is 0.480 e. The number of anilines is 1. The number of carboxylic acid groups (broad SMARTS) is 1. The van der Waals surface area contributed by atoms with E-state index in [-0.39, 0.29) is 12.8 Å². The van der Waals surface area contributed by atoms with Gasteiger partial charge in [-0.25, -0.2) is 9.69 Å². The molecule has 1 heterocycles. The highest BCUT2D eigenvalue weighted by Gasteiger charge is 2.38. The number of rotatable bonds is 6. The first kappa shape index (κ1) is 17.7. The molecular weight excluding hydrogens is 338 g/mol. The van der Waals surface area contributed by atoms with Gasteiger partial charge in [0.1, 0.15) is 12.1 Å². The van der Waals surface area contributed by atoms with Gasteiger partial charge in [0.2, 0.25) is 5.91 Å². The van der Waals surface area contributed by atoms with Crippen molar-refractivity contribution < 1.29 is 24.3 Å². The molecule has 0 aliphatic carbocycles. The number of halogens is 1. The van der Waals surface area contributed by atoms with Crippen molar-refractivity contribution >= 4 is 41.1 Å². The molecule has 2 unspecified atom stereocenters. The maximum Gasteiger partial charge on any atom is 0.329 e. The van der Waals surface area contributed by atoms with Crippen molar-refractivity contribution in [2.24, 2.45) is 0 Å². The van der Waals surface area contributed by atoms with Crippen LogP contribution in [0.25, 0.3) is 0 Å². The minimum absolute atomic E-state index is 0.0762. The van der Waals surface area contributed by atoms with Crippen molar-refractivity contribution in [2.75, 3.05) is 4.90 Å². The number of nitrogens with one attached hydrogen (secondary N) is 2. The van der Waals surface area contributed by atoms with E-state index >= 15 is 0 Å². The number of amides is 4. The molecule has 0 aromatic heterocycles. The highest BCUT2D eigenvalue weighted by molar-refractivity contribution is 6.30. The van der Waals surface area contributed by atoms with Crippen LogP contribution in [0.3, 0.4) is 0 Å². The van der Waals surface area contributed by atoms with Gasteiger partial charge >= 0.3 is 12.0 Å². The molecule has 8 nitrogen and oxygen atoms in total. The first-order valence-electron chi connectivity index (χ1n) is 7.22. The lowest BCUT2D eigenvalue weighted by Gasteiger charge is -2.13. The third-order valence-electron chi connectivity index (χ3n) is 3.51. The number of carbonyl (C=O) groups is 4. The van der Waals surface area contributed by atoms with E-state index in [0.717, 1.165) is 4.90 Å². The quantitative estimate of drug-likeness (QED) is 0.663. The van der Waals surface area contributed by atoms with Crippen molar-refractivity contribution in [1.82, 2.24) is 10.6 Å². The molecule has 24 heavy (non-hydrogen) atoms. The van der Waals surface area contributed by atoms with Gasteiger partial charge in [0.15, 0.2) is 0 Å². The van der Waals surface area contributed by atoms with E-state index in [1.807, 2.05) is 0 Å². The van der Waals surface area contributed by atoms with E-state index < -0.39 is 35.9 Å². The summed E-state index contributed by atoms with van der Waals surface area (Å²) in [5.41, 5.74) is 0.383. The van der Waals surface area contributed by atoms with Gasteiger partial charge in [-0.1, -0.05) is 11.6 Å². The second-order valence-corrected chi connectivity index (χ2v) is 5.75. The monoisotopic (exact) mass is 353 g/mol. The molecule has 2 atom stereocenters. The molecule has 0 spiro atoms. The van der Waals surface area contributed by atoms with E-state index in [9.17, 15) is 19.2 Å². The normalized spacial score (nSPS) is 18.2. The number of carboxylic acids is 1. The summed E-state index contributed by atoms with van der Waals surface area (Å²) in [6.07, 6.45) is -0.00437. The van der Waals surface area contributed by atoms with Crippen molar-refractivity contribution in [3.05, 3.63) is 29.3 Å². The maximum absolute atomic E-state index is 12.3. The molecule has 2 rings (SSSR count). The molecule has 1 aromatic rings. The lowest BCUT2D eigenvalue weighted by Crippen LogP contribution is -2.39. The Morgan fingerprint density at radius 3 is 2.54 bits per heavy atom. The van der Waals surface area contributed by atoms with Crippen LogP contribution < -0.4 is 15.5 Å². The molecular formula is C15H16ClN3O5. The molecule has 9 heteroatoms. The molecule has 4 amide bonds. The summed E-state index contributed by atoms with van der Waals surface area (Å²) in [5.74, 6) is -2.12. The smallest absolute Gasteiger partial charge is 0.329 e. The van der Waals surface area contributed by atoms with Gasteiger partial charge < -0.3 is 15.7 Å². The molecule has 1 aromatic carbocycles. The molecule has 0 bridgehead atoms. The zero-order valence-electron chi connectivity index (χ0n) is 12.8. The fraction of sp³-hybridized carbons (Fsp3) is 0.333. The highest BCUT2D eigenvalue weighted by Crippen LogP contribution is 2.23. The highest BCUT2D eigenvalue weighted by atomic mass is 35.5. The number of imide groups is 1. The Labute approximate surface area is 142 Å². The first-order chi connectivity index (χ1) is 11.3. The molecule has 1 saturated heterocycles. The Bertz CT molecular complexity index is 676. The number of benzene rings is 1. The standard InChI is InChI=1S/C15H16ClN3O5/c1-8(14(22)23)17-12(20)7-6-11-13(21)19(15(24)18-11)10-4-2-9(16)3-5-10/h2-5,8,11H,6-7H2,1H3,(H,17,20)(H,18,24)(H,22,23). The van der Waals surface area contributed by atoms with Crippen molar-refractivity contribution in [1.29, 1.82) is 0 Å². The summed E-state index contributed by atoms with van der Waals surface area (Å²) >= 11 is 5.78. The predicted molar refractivity (Wildman–Crippen MR) is 85.7 cm³/mol. The number of hydrogen-bond donors (Lipinski definition) is 3. The van der Waals surface area contributed by atoms with Crippen LogP contribution in [0.1, 0.15) is 19.8 Å². The fourth-order valence-electron chi connectivity index (χ4n) is 2.21. The third-order valence-corrected chi connectivity index (χ3v) is 3.76. The van der Waals surface area contributed by atoms with E-state index in [4.69, 9.17) is 16.7 Å². The first-order valence-corrected chi connectivity index (χ1v) is 7.59. The van der Waals surface area contributed by atoms with Crippen molar-refractivity contribution in [2.45, 2.75) is 31.8 Å². The van der Waals surface area contributed by atoms with Crippen LogP contribution in [-0.4, -0.2) is 41.0 Å². The van der Waals surface area contributed by atoms with E-state index in [1.54, 1.807) is 24.3 Å². The van der Waals surface area contributed by atoms with Gasteiger partial charge in [0, 0.05) is 11.4 Å². The fourth-order valence-corrected chi connectivity index (χ4v) is 2.34. The van der Waals surface area contributed by atoms with Crippen LogP contribution in [0.5, 0.6) is 0 Å². The molecule has 1 fully saturated rings. The van der Waals surface area contributed by atoms with Crippen LogP contribution in [0, 0.1) is 0 Å². The van der Waals surface area contributed by atoms with Crippen LogP contribution >= 0.6 is 11.6 Å². The van der Waals surface area contributed by atoms with Crippen LogP contribution in [0.15, 0.2) is 24.3 Å². The molecule has 1 aliphatic rings. The van der Waals surface area contributed by atoms with Crippen molar-refractivity contribution in [3.63, 3.8) is 0 Å². The Kier molecular flexibility index (Phi) is 5.40. The van der Waals surface area contributed by atoms with E-state index in [2.05, 4.69) is 10.6 Å². The zero-order chi connectivity index (χ0) is 17.9. The summed E-state index contributed by atoms with van der Waals surface area (Å²) in [5, 5.41) is 14.0. The maximum atomic E-state index is 12.3. The molecule has 1 aliphatic heterocycles. The Morgan fingerprint density at radius 2 is 1.96 bits per heavy atom. The topological polar surface area (TPSA) is 116 Å². The molecule has 0 saturated carbocycles. The van der Waals surface area contributed by atoms with Crippen LogP contribution in [0.4, 0.5) is 10.5 Å².